The molecule has 0 saturated carbocycles. The van der Waals surface area contributed by atoms with Crippen molar-refractivity contribution in [3.05, 3.63) is 54.2 Å². The number of rotatable bonds is 4. The zero-order chi connectivity index (χ0) is 20.3. The standard InChI is InChI=1S/C22H24N6O2/c29-22(18-16-19(30-25-18)17-6-2-1-3-7-17)28-14-12-27(13-15-28)21-9-8-20(23-24-21)26-10-4-5-11-26/h1-3,6-9,16H,4-5,10-15H2. The molecular formula is C22H24N6O2. The Morgan fingerprint density at radius 2 is 1.43 bits per heavy atom. The van der Waals surface area contributed by atoms with E-state index in [1.165, 1.54) is 12.8 Å². The Morgan fingerprint density at radius 1 is 0.800 bits per heavy atom. The lowest BCUT2D eigenvalue weighted by molar-refractivity contribution is 0.0736. The molecule has 0 N–H and O–H groups in total. The van der Waals surface area contributed by atoms with E-state index in [2.05, 4.69) is 25.2 Å². The summed E-state index contributed by atoms with van der Waals surface area (Å²) in [5, 5.41) is 12.8. The van der Waals surface area contributed by atoms with Gasteiger partial charge in [0.15, 0.2) is 23.1 Å². The molecule has 0 radical (unpaired) electrons. The molecule has 2 aliphatic heterocycles. The van der Waals surface area contributed by atoms with Gasteiger partial charge in [0, 0.05) is 50.9 Å². The highest BCUT2D eigenvalue weighted by Gasteiger charge is 2.25. The first-order chi connectivity index (χ1) is 14.8. The SMILES string of the molecule is O=C(c1cc(-c2ccccc2)on1)N1CCN(c2ccc(N3CCCC3)nn2)CC1. The van der Waals surface area contributed by atoms with Crippen molar-refractivity contribution >= 4 is 17.5 Å². The van der Waals surface area contributed by atoms with E-state index in [4.69, 9.17) is 4.52 Å². The number of hydrogen-bond donors (Lipinski definition) is 0. The van der Waals surface area contributed by atoms with E-state index in [1.54, 1.807) is 6.07 Å². The maximum atomic E-state index is 12.8. The van der Waals surface area contributed by atoms with Crippen LogP contribution < -0.4 is 9.80 Å². The van der Waals surface area contributed by atoms with E-state index in [1.807, 2.05) is 47.4 Å². The molecule has 2 aliphatic rings. The third-order valence-electron chi connectivity index (χ3n) is 5.74. The smallest absolute Gasteiger partial charge is 0.276 e. The van der Waals surface area contributed by atoms with Gasteiger partial charge < -0.3 is 19.2 Å². The van der Waals surface area contributed by atoms with Crippen molar-refractivity contribution in [2.24, 2.45) is 0 Å². The first-order valence-electron chi connectivity index (χ1n) is 10.4. The summed E-state index contributed by atoms with van der Waals surface area (Å²) in [7, 11) is 0. The minimum atomic E-state index is -0.101. The molecule has 2 saturated heterocycles. The zero-order valence-corrected chi connectivity index (χ0v) is 16.8. The van der Waals surface area contributed by atoms with Crippen LogP contribution in [0.5, 0.6) is 0 Å². The summed E-state index contributed by atoms with van der Waals surface area (Å²) < 4.78 is 5.38. The Morgan fingerprint density at radius 3 is 2.07 bits per heavy atom. The third-order valence-corrected chi connectivity index (χ3v) is 5.74. The second kappa shape index (κ2) is 8.14. The van der Waals surface area contributed by atoms with Crippen LogP contribution in [0.15, 0.2) is 53.1 Å². The predicted octanol–water partition coefficient (Wildman–Crippen LogP) is 2.69. The van der Waals surface area contributed by atoms with Crippen LogP contribution in [0.4, 0.5) is 11.6 Å². The molecule has 1 amide bonds. The largest absolute Gasteiger partial charge is 0.355 e. The molecule has 0 atom stereocenters. The second-order valence-electron chi connectivity index (χ2n) is 7.67. The summed E-state index contributed by atoms with van der Waals surface area (Å²) >= 11 is 0. The topological polar surface area (TPSA) is 78.6 Å². The number of nitrogens with zero attached hydrogens (tertiary/aromatic N) is 6. The van der Waals surface area contributed by atoms with Gasteiger partial charge in [-0.3, -0.25) is 4.79 Å². The molecule has 4 heterocycles. The number of aromatic nitrogens is 3. The van der Waals surface area contributed by atoms with E-state index in [9.17, 15) is 4.79 Å². The van der Waals surface area contributed by atoms with Crippen LogP contribution in [0.1, 0.15) is 23.3 Å². The zero-order valence-electron chi connectivity index (χ0n) is 16.8. The van der Waals surface area contributed by atoms with Crippen molar-refractivity contribution < 1.29 is 9.32 Å². The van der Waals surface area contributed by atoms with Crippen LogP contribution >= 0.6 is 0 Å². The lowest BCUT2D eigenvalue weighted by Crippen LogP contribution is -2.49. The van der Waals surface area contributed by atoms with Crippen molar-refractivity contribution in [3.8, 4) is 11.3 Å². The van der Waals surface area contributed by atoms with E-state index in [0.717, 1.165) is 30.3 Å². The predicted molar refractivity (Wildman–Crippen MR) is 114 cm³/mol. The number of anilines is 2. The van der Waals surface area contributed by atoms with Crippen LogP contribution in [-0.4, -0.2) is 65.4 Å². The molecular weight excluding hydrogens is 380 g/mol. The molecule has 8 heteroatoms. The fourth-order valence-electron chi connectivity index (χ4n) is 4.02. The molecule has 154 valence electrons. The Hall–Kier alpha value is -3.42. The molecule has 30 heavy (non-hydrogen) atoms. The average molecular weight is 404 g/mol. The van der Waals surface area contributed by atoms with Crippen LogP contribution in [0.25, 0.3) is 11.3 Å². The van der Waals surface area contributed by atoms with E-state index in [0.29, 0.717) is 37.6 Å². The summed E-state index contributed by atoms with van der Waals surface area (Å²) in [4.78, 5) is 19.1. The lowest BCUT2D eigenvalue weighted by Gasteiger charge is -2.34. The minimum absolute atomic E-state index is 0.101. The van der Waals surface area contributed by atoms with Crippen LogP contribution in [-0.2, 0) is 0 Å². The highest BCUT2D eigenvalue weighted by Crippen LogP contribution is 2.22. The van der Waals surface area contributed by atoms with Crippen molar-refractivity contribution in [1.29, 1.82) is 0 Å². The molecule has 8 nitrogen and oxygen atoms in total. The first kappa shape index (κ1) is 18.6. The Bertz CT molecular complexity index is 990. The molecule has 0 spiro atoms. The first-order valence-corrected chi connectivity index (χ1v) is 10.4. The van der Waals surface area contributed by atoms with E-state index >= 15 is 0 Å². The highest BCUT2D eigenvalue weighted by molar-refractivity contribution is 5.93. The van der Waals surface area contributed by atoms with Crippen molar-refractivity contribution in [1.82, 2.24) is 20.3 Å². The highest BCUT2D eigenvalue weighted by atomic mass is 16.5. The molecule has 3 aromatic rings. The second-order valence-corrected chi connectivity index (χ2v) is 7.67. The number of piperazine rings is 1. The van der Waals surface area contributed by atoms with Crippen molar-refractivity contribution in [2.45, 2.75) is 12.8 Å². The number of carbonyl (C=O) groups excluding carboxylic acids is 1. The van der Waals surface area contributed by atoms with Gasteiger partial charge in [0.1, 0.15) is 0 Å². The fourth-order valence-corrected chi connectivity index (χ4v) is 4.02. The van der Waals surface area contributed by atoms with E-state index in [-0.39, 0.29) is 5.91 Å². The van der Waals surface area contributed by atoms with Gasteiger partial charge in [0.2, 0.25) is 0 Å². The Kier molecular flexibility index (Phi) is 5.04. The van der Waals surface area contributed by atoms with Crippen molar-refractivity contribution in [2.75, 3.05) is 49.1 Å². The number of carbonyl (C=O) groups is 1. The number of amides is 1. The summed E-state index contributed by atoms with van der Waals surface area (Å²) in [6.07, 6.45) is 2.44. The van der Waals surface area contributed by atoms with Gasteiger partial charge in [-0.2, -0.15) is 0 Å². The Labute approximate surface area is 175 Å². The van der Waals surface area contributed by atoms with Gasteiger partial charge in [0.05, 0.1) is 0 Å². The van der Waals surface area contributed by atoms with Gasteiger partial charge in [-0.05, 0) is 25.0 Å². The van der Waals surface area contributed by atoms with Crippen LogP contribution in [0.3, 0.4) is 0 Å². The molecule has 1 aromatic carbocycles. The maximum absolute atomic E-state index is 12.8. The third kappa shape index (κ3) is 3.72. The quantitative estimate of drug-likeness (QED) is 0.661. The van der Waals surface area contributed by atoms with Crippen LogP contribution in [0, 0.1) is 0 Å². The molecule has 2 fully saturated rings. The summed E-state index contributed by atoms with van der Waals surface area (Å²) in [5.41, 5.74) is 1.25. The lowest BCUT2D eigenvalue weighted by atomic mass is 10.1. The number of hydrogen-bond acceptors (Lipinski definition) is 7. The van der Waals surface area contributed by atoms with Gasteiger partial charge in [-0.1, -0.05) is 35.5 Å². The van der Waals surface area contributed by atoms with Gasteiger partial charge in [0.25, 0.3) is 5.91 Å². The van der Waals surface area contributed by atoms with Crippen LogP contribution in [0.2, 0.25) is 0 Å². The van der Waals surface area contributed by atoms with Crippen molar-refractivity contribution in [3.63, 3.8) is 0 Å². The molecule has 0 aliphatic carbocycles. The normalized spacial score (nSPS) is 16.9. The number of benzene rings is 1. The van der Waals surface area contributed by atoms with E-state index < -0.39 is 0 Å². The summed E-state index contributed by atoms with van der Waals surface area (Å²) in [6.45, 7) is 4.77. The van der Waals surface area contributed by atoms with Gasteiger partial charge in [-0.25, -0.2) is 0 Å². The van der Waals surface area contributed by atoms with Gasteiger partial charge >= 0.3 is 0 Å². The fraction of sp³-hybridized carbons (Fsp3) is 0.364. The molecule has 2 aromatic heterocycles. The maximum Gasteiger partial charge on any atom is 0.276 e. The monoisotopic (exact) mass is 404 g/mol. The molecule has 0 unspecified atom stereocenters. The molecule has 0 bridgehead atoms. The summed E-state index contributed by atoms with van der Waals surface area (Å²) in [5.74, 6) is 2.31. The van der Waals surface area contributed by atoms with Gasteiger partial charge in [-0.15, -0.1) is 10.2 Å². The average Bonchev–Trinajstić information content (AvgIpc) is 3.52. The molecule has 5 rings (SSSR count). The Balaban J connectivity index is 1.19. The minimum Gasteiger partial charge on any atom is -0.355 e. The summed E-state index contributed by atoms with van der Waals surface area (Å²) in [6, 6.07) is 15.5.